The molecule has 0 saturated carbocycles. The molecule has 0 atom stereocenters. The van der Waals surface area contributed by atoms with Crippen LogP contribution >= 0.6 is 23.1 Å². The molecule has 0 amide bonds. The Labute approximate surface area is 371 Å². The van der Waals surface area contributed by atoms with Gasteiger partial charge in [-0.2, -0.15) is 4.31 Å². The van der Waals surface area contributed by atoms with Crippen molar-refractivity contribution in [1.82, 2.24) is 9.62 Å². The van der Waals surface area contributed by atoms with Crippen LogP contribution in [-0.4, -0.2) is 47.3 Å². The number of benzene rings is 6. The molecular weight excluding hydrogens is 848 g/mol. The number of ether oxygens (including phenoxy) is 2. The molecule has 10 rings (SSSR count). The highest BCUT2D eigenvalue weighted by atomic mass is 35.7. The van der Waals surface area contributed by atoms with Gasteiger partial charge in [0, 0.05) is 23.8 Å². The SMILES string of the molecule is C.Cl.O=S(=O)(Cl)c1ccc(-c2ccccc2)cc1.O=S(=O)(c1ccc(-c2ccccc2)cc1)N1CCC2(CC1)OCc1ccccc12.c1ccc2c(c1)COC21CCNCC1. The second-order valence-electron chi connectivity index (χ2n) is 15.3. The van der Waals surface area contributed by atoms with E-state index in [0.29, 0.717) is 37.4 Å². The maximum absolute atomic E-state index is 13.2. The number of nitrogens with one attached hydrogen (secondary N) is 1. The Bertz CT molecular complexity index is 2580. The summed E-state index contributed by atoms with van der Waals surface area (Å²) >= 11 is 0. The van der Waals surface area contributed by atoms with Crippen molar-refractivity contribution in [2.24, 2.45) is 0 Å². The molecule has 12 heteroatoms. The standard InChI is InChI=1S/C24H23NO3S.C12H9ClO2S.C12H15NO.CH4.ClH/c26-29(27,22-12-10-20(11-13-22)19-6-2-1-3-7-19)25-16-14-24(15-17-25)23-9-5-4-8-21(23)18-28-24;13-16(14,15)12-8-6-11(7-9-12)10-4-2-1-3-5-10;1-2-4-11-10(3-1)9-14-12(11)5-7-13-8-6-12;;/h1-13H,14-18H2;1-9H;1-4,13H,5-9H2;1H4;1H. The molecule has 61 heavy (non-hydrogen) atoms. The molecule has 0 bridgehead atoms. The van der Waals surface area contributed by atoms with Gasteiger partial charge in [0.15, 0.2) is 0 Å². The third-order valence-corrected chi connectivity index (χ3v) is 15.1. The molecule has 2 saturated heterocycles. The fourth-order valence-corrected chi connectivity index (χ4v) is 10.8. The predicted octanol–water partition coefficient (Wildman–Crippen LogP) is 10.7. The zero-order valence-electron chi connectivity index (χ0n) is 33.1. The molecule has 2 fully saturated rings. The van der Waals surface area contributed by atoms with Gasteiger partial charge in [0.2, 0.25) is 10.0 Å². The molecule has 4 aliphatic rings. The molecule has 1 N–H and O–H groups in total. The molecule has 0 aliphatic carbocycles. The Kier molecular flexibility index (Phi) is 15.0. The van der Waals surface area contributed by atoms with E-state index in [2.05, 4.69) is 41.7 Å². The van der Waals surface area contributed by atoms with Gasteiger partial charge >= 0.3 is 0 Å². The second kappa shape index (κ2) is 19.8. The van der Waals surface area contributed by atoms with E-state index >= 15 is 0 Å². The molecule has 4 aliphatic heterocycles. The van der Waals surface area contributed by atoms with Crippen molar-refractivity contribution in [3.63, 3.8) is 0 Å². The van der Waals surface area contributed by atoms with Crippen LogP contribution in [0.3, 0.4) is 0 Å². The van der Waals surface area contributed by atoms with Crippen molar-refractivity contribution in [2.75, 3.05) is 26.2 Å². The Balaban J connectivity index is 0.000000165. The van der Waals surface area contributed by atoms with Crippen LogP contribution in [-0.2, 0) is 53.0 Å². The smallest absolute Gasteiger partial charge is 0.261 e. The van der Waals surface area contributed by atoms with Crippen LogP contribution in [0, 0.1) is 0 Å². The first-order valence-electron chi connectivity index (χ1n) is 20.0. The minimum atomic E-state index is -3.63. The highest BCUT2D eigenvalue weighted by Gasteiger charge is 2.45. The van der Waals surface area contributed by atoms with Crippen molar-refractivity contribution in [3.05, 3.63) is 180 Å². The highest BCUT2D eigenvalue weighted by molar-refractivity contribution is 8.13. The molecule has 0 unspecified atom stereocenters. The van der Waals surface area contributed by atoms with Gasteiger partial charge < -0.3 is 14.8 Å². The summed E-state index contributed by atoms with van der Waals surface area (Å²) < 4.78 is 62.2. The topological polar surface area (TPSA) is 102 Å². The van der Waals surface area contributed by atoms with Crippen LogP contribution in [0.1, 0.15) is 55.4 Å². The fourth-order valence-electron chi connectivity index (χ4n) is 8.55. The molecular formula is C49H52Cl2N2O6S2. The lowest BCUT2D eigenvalue weighted by Crippen LogP contribution is -2.45. The number of rotatable bonds is 5. The lowest BCUT2D eigenvalue weighted by Gasteiger charge is -2.38. The number of halogens is 2. The van der Waals surface area contributed by atoms with Crippen LogP contribution in [0.2, 0.25) is 0 Å². The van der Waals surface area contributed by atoms with Crippen molar-refractivity contribution < 1.29 is 26.3 Å². The number of hydrogen-bond acceptors (Lipinski definition) is 7. The lowest BCUT2D eigenvalue weighted by atomic mass is 9.84. The maximum atomic E-state index is 13.2. The first-order chi connectivity index (χ1) is 28.6. The largest absolute Gasteiger partial charge is 0.365 e. The van der Waals surface area contributed by atoms with Crippen LogP contribution < -0.4 is 5.32 Å². The van der Waals surface area contributed by atoms with Crippen LogP contribution in [0.25, 0.3) is 22.3 Å². The lowest BCUT2D eigenvalue weighted by molar-refractivity contribution is -0.0689. The zero-order chi connectivity index (χ0) is 40.9. The number of sulfonamides is 1. The van der Waals surface area contributed by atoms with E-state index in [1.165, 1.54) is 34.4 Å². The number of piperidine rings is 2. The van der Waals surface area contributed by atoms with Crippen molar-refractivity contribution in [1.29, 1.82) is 0 Å². The minimum Gasteiger partial charge on any atom is -0.365 e. The summed E-state index contributed by atoms with van der Waals surface area (Å²) in [6.45, 7) is 4.51. The van der Waals surface area contributed by atoms with Gasteiger partial charge in [0.05, 0.1) is 34.2 Å². The predicted molar refractivity (Wildman–Crippen MR) is 247 cm³/mol. The van der Waals surface area contributed by atoms with E-state index in [1.807, 2.05) is 84.9 Å². The number of nitrogens with zero attached hydrogens (tertiary/aromatic N) is 1. The fraction of sp³-hybridized carbons (Fsp3) is 0.265. The third kappa shape index (κ3) is 10.1. The Hall–Kier alpha value is -4.36. The first-order valence-corrected chi connectivity index (χ1v) is 23.7. The van der Waals surface area contributed by atoms with E-state index in [0.717, 1.165) is 54.8 Å². The van der Waals surface area contributed by atoms with Gasteiger partial charge in [0.1, 0.15) is 0 Å². The summed E-state index contributed by atoms with van der Waals surface area (Å²) in [6, 6.07) is 50.3. The van der Waals surface area contributed by atoms with Crippen LogP contribution in [0.4, 0.5) is 0 Å². The van der Waals surface area contributed by atoms with Crippen molar-refractivity contribution in [3.8, 4) is 22.3 Å². The molecule has 6 aromatic rings. The number of fused-ring (bicyclic) bond motifs is 4. The van der Waals surface area contributed by atoms with Gasteiger partial charge in [-0.15, -0.1) is 12.4 Å². The minimum absolute atomic E-state index is 0. The Morgan fingerprint density at radius 1 is 0.492 bits per heavy atom. The van der Waals surface area contributed by atoms with E-state index in [-0.39, 0.29) is 35.9 Å². The normalized spacial score (nSPS) is 17.3. The summed E-state index contributed by atoms with van der Waals surface area (Å²) in [5.74, 6) is 0. The molecule has 0 aromatic heterocycles. The maximum Gasteiger partial charge on any atom is 0.261 e. The van der Waals surface area contributed by atoms with Crippen LogP contribution in [0.15, 0.2) is 168 Å². The summed E-state index contributed by atoms with van der Waals surface area (Å²) in [6.07, 6.45) is 3.60. The highest BCUT2D eigenvalue weighted by Crippen LogP contribution is 2.45. The second-order valence-corrected chi connectivity index (χ2v) is 19.8. The monoisotopic (exact) mass is 898 g/mol. The van der Waals surface area contributed by atoms with E-state index in [9.17, 15) is 16.8 Å². The molecule has 320 valence electrons. The summed E-state index contributed by atoms with van der Waals surface area (Å²) in [5, 5.41) is 3.39. The molecule has 8 nitrogen and oxygen atoms in total. The van der Waals surface area contributed by atoms with Crippen LogP contribution in [0.5, 0.6) is 0 Å². The summed E-state index contributed by atoms with van der Waals surface area (Å²) in [7, 11) is -1.91. The van der Waals surface area contributed by atoms with Gasteiger partial charge in [-0.25, -0.2) is 16.8 Å². The Morgan fingerprint density at radius 2 is 0.869 bits per heavy atom. The molecule has 0 radical (unpaired) electrons. The van der Waals surface area contributed by atoms with Crippen molar-refractivity contribution in [2.45, 2.75) is 67.3 Å². The number of hydrogen-bond donors (Lipinski definition) is 1. The third-order valence-electron chi connectivity index (χ3n) is 11.8. The summed E-state index contributed by atoms with van der Waals surface area (Å²) in [5.41, 5.74) is 9.07. The first kappa shape index (κ1) is 46.2. The van der Waals surface area contributed by atoms with E-state index < -0.39 is 19.1 Å². The average molecular weight is 900 g/mol. The summed E-state index contributed by atoms with van der Waals surface area (Å²) in [4.78, 5) is 0.467. The zero-order valence-corrected chi connectivity index (χ0v) is 36.3. The molecule has 2 spiro atoms. The average Bonchev–Trinajstić information content (AvgIpc) is 3.82. The Morgan fingerprint density at radius 3 is 1.31 bits per heavy atom. The van der Waals surface area contributed by atoms with Gasteiger partial charge in [0.25, 0.3) is 9.05 Å². The van der Waals surface area contributed by atoms with Gasteiger partial charge in [-0.05, 0) is 108 Å². The van der Waals surface area contributed by atoms with E-state index in [1.54, 1.807) is 28.6 Å². The quantitative estimate of drug-likeness (QED) is 0.172. The van der Waals surface area contributed by atoms with Gasteiger partial charge in [-0.1, -0.05) is 141 Å². The molecule has 4 heterocycles. The molecule has 6 aromatic carbocycles. The van der Waals surface area contributed by atoms with Crippen molar-refractivity contribution >= 4 is 42.2 Å². The van der Waals surface area contributed by atoms with E-state index in [4.69, 9.17) is 20.2 Å². The van der Waals surface area contributed by atoms with Gasteiger partial charge in [-0.3, -0.25) is 0 Å².